The molecule has 2 N–H and O–H groups in total. The van der Waals surface area contributed by atoms with Gasteiger partial charge in [0.1, 0.15) is 0 Å². The van der Waals surface area contributed by atoms with E-state index in [2.05, 4.69) is 79.9 Å². The maximum Gasteiger partial charge on any atom is 0.204 e. The van der Waals surface area contributed by atoms with Gasteiger partial charge in [0, 0.05) is 31.1 Å². The highest BCUT2D eigenvalue weighted by atomic mass is 16.5. The fourth-order valence-corrected chi connectivity index (χ4v) is 8.04. The lowest BCUT2D eigenvalue weighted by Gasteiger charge is -2.38. The third-order valence-corrected chi connectivity index (χ3v) is 10.5. The molecule has 0 spiro atoms. The lowest BCUT2D eigenvalue weighted by atomic mass is 9.75. The molecular weight excluding hydrogens is 566 g/mol. The Labute approximate surface area is 266 Å². The fraction of sp³-hybridized carbons (Fsp3) is 0.472. The Bertz CT molecular complexity index is 1480. The minimum Gasteiger partial charge on any atom is -0.493 e. The van der Waals surface area contributed by atoms with E-state index >= 15 is 0 Å². The summed E-state index contributed by atoms with van der Waals surface area (Å²) < 4.78 is 16.7. The molecule has 0 aliphatic carbocycles. The second-order valence-electron chi connectivity index (χ2n) is 12.8. The number of ether oxygens (including phenoxy) is 3. The lowest BCUT2D eigenvalue weighted by Crippen LogP contribution is -2.53. The number of ketones is 1. The number of para-hydroxylation sites is 2. The quantitative estimate of drug-likeness (QED) is 0.309. The third kappa shape index (κ3) is 5.41. The molecule has 4 aliphatic rings. The second-order valence-corrected chi connectivity index (χ2v) is 12.8. The summed E-state index contributed by atoms with van der Waals surface area (Å²) in [6.07, 6.45) is 4.30. The van der Waals surface area contributed by atoms with E-state index in [1.54, 1.807) is 33.5 Å². The molecule has 45 heavy (non-hydrogen) atoms. The maximum atomic E-state index is 14.0. The lowest BCUT2D eigenvalue weighted by molar-refractivity contribution is 0.0944. The number of carbonyl (C=O) groups is 1. The predicted molar refractivity (Wildman–Crippen MR) is 177 cm³/mol. The standard InChI is InChI=1S/C36H45N5O4/c1-43-31-14-13-27(33(44-2)34(31)45-3)32(42)28-23-36(24-37-28,25-9-5-4-6-10-25)17-20-39-18-15-26(16-19-39)38-35-40-21-22-41(35)30-12-8-7-11-29(30)40/h4-14,26,28,35,37-38H,15-24H2,1-3H3. The summed E-state index contributed by atoms with van der Waals surface area (Å²) in [7, 11) is 4.71. The van der Waals surface area contributed by atoms with Crippen molar-refractivity contribution < 1.29 is 19.0 Å². The summed E-state index contributed by atoms with van der Waals surface area (Å²) in [5, 5.41) is 7.59. The fourth-order valence-electron chi connectivity index (χ4n) is 8.04. The van der Waals surface area contributed by atoms with Crippen molar-refractivity contribution in [2.75, 3.05) is 70.4 Å². The van der Waals surface area contributed by atoms with Crippen molar-refractivity contribution in [2.24, 2.45) is 0 Å². The molecule has 7 rings (SSSR count). The van der Waals surface area contributed by atoms with Gasteiger partial charge >= 0.3 is 0 Å². The van der Waals surface area contributed by atoms with Crippen LogP contribution in [0.1, 0.15) is 41.6 Å². The van der Waals surface area contributed by atoms with Gasteiger partial charge in [-0.3, -0.25) is 10.1 Å². The van der Waals surface area contributed by atoms with Crippen molar-refractivity contribution in [3.8, 4) is 17.2 Å². The molecule has 238 valence electrons. The maximum absolute atomic E-state index is 14.0. The van der Waals surface area contributed by atoms with Crippen LogP contribution in [0.2, 0.25) is 0 Å². The zero-order chi connectivity index (χ0) is 31.0. The van der Waals surface area contributed by atoms with Crippen molar-refractivity contribution >= 4 is 17.2 Å². The van der Waals surface area contributed by atoms with E-state index in [1.165, 1.54) is 16.9 Å². The number of fused-ring (bicyclic) bond motifs is 5. The molecule has 0 saturated carbocycles. The van der Waals surface area contributed by atoms with Gasteiger partial charge in [-0.05, 0) is 75.1 Å². The number of rotatable bonds is 11. The molecular formula is C36H45N5O4. The molecule has 3 fully saturated rings. The van der Waals surface area contributed by atoms with Crippen LogP contribution in [-0.4, -0.2) is 89.7 Å². The Morgan fingerprint density at radius 2 is 1.51 bits per heavy atom. The van der Waals surface area contributed by atoms with Crippen LogP contribution in [-0.2, 0) is 5.41 Å². The van der Waals surface area contributed by atoms with Crippen molar-refractivity contribution in [2.45, 2.75) is 49.5 Å². The van der Waals surface area contributed by atoms with Gasteiger partial charge in [-0.15, -0.1) is 0 Å². The van der Waals surface area contributed by atoms with Crippen LogP contribution in [0, 0.1) is 0 Å². The number of Topliss-reactive ketones (excluding diaryl/α,β-unsaturated/α-hetero) is 1. The first-order valence-corrected chi connectivity index (χ1v) is 16.3. The summed E-state index contributed by atoms with van der Waals surface area (Å²) in [5.41, 5.74) is 4.39. The normalized spacial score (nSPS) is 23.4. The first-order chi connectivity index (χ1) is 22.0. The molecule has 9 nitrogen and oxygen atoms in total. The van der Waals surface area contributed by atoms with Gasteiger partial charge in [-0.25, -0.2) is 0 Å². The van der Waals surface area contributed by atoms with E-state index in [1.807, 2.05) is 0 Å². The number of benzene rings is 3. The number of nitrogens with one attached hydrogen (secondary N) is 2. The molecule has 3 aromatic carbocycles. The van der Waals surface area contributed by atoms with Crippen LogP contribution in [0.15, 0.2) is 66.7 Å². The van der Waals surface area contributed by atoms with E-state index in [-0.39, 0.29) is 23.5 Å². The molecule has 4 heterocycles. The van der Waals surface area contributed by atoms with Crippen LogP contribution < -0.4 is 34.6 Å². The minimum atomic E-state index is -0.317. The van der Waals surface area contributed by atoms with Gasteiger partial charge in [0.05, 0.1) is 44.3 Å². The largest absolute Gasteiger partial charge is 0.493 e. The topological polar surface area (TPSA) is 78.5 Å². The minimum absolute atomic E-state index is 0.0204. The van der Waals surface area contributed by atoms with Crippen LogP contribution in [0.25, 0.3) is 0 Å². The first-order valence-electron chi connectivity index (χ1n) is 16.3. The number of likely N-dealkylation sites (tertiary alicyclic amines) is 1. The molecule has 2 unspecified atom stereocenters. The van der Waals surface area contributed by atoms with Crippen molar-refractivity contribution in [1.82, 2.24) is 15.5 Å². The summed E-state index contributed by atoms with van der Waals surface area (Å²) in [5.74, 6) is 1.42. The highest BCUT2D eigenvalue weighted by Gasteiger charge is 2.45. The summed E-state index contributed by atoms with van der Waals surface area (Å²) in [6.45, 7) is 6.12. The van der Waals surface area contributed by atoms with E-state index in [0.29, 0.717) is 28.9 Å². The average Bonchev–Trinajstić information content (AvgIpc) is 3.80. The van der Waals surface area contributed by atoms with Gasteiger partial charge in [0.15, 0.2) is 23.6 Å². The number of nitrogens with zero attached hydrogens (tertiary/aromatic N) is 3. The van der Waals surface area contributed by atoms with Gasteiger partial charge in [-0.1, -0.05) is 42.5 Å². The molecule has 0 aromatic heterocycles. The van der Waals surface area contributed by atoms with Crippen LogP contribution in [0.5, 0.6) is 17.2 Å². The van der Waals surface area contributed by atoms with Crippen molar-refractivity contribution in [3.63, 3.8) is 0 Å². The Kier molecular flexibility index (Phi) is 8.33. The zero-order valence-corrected chi connectivity index (χ0v) is 26.6. The Morgan fingerprint density at radius 1 is 0.844 bits per heavy atom. The Hall–Kier alpha value is -3.79. The summed E-state index contributed by atoms with van der Waals surface area (Å²) >= 11 is 0. The Morgan fingerprint density at radius 3 is 2.16 bits per heavy atom. The van der Waals surface area contributed by atoms with E-state index < -0.39 is 0 Å². The average molecular weight is 612 g/mol. The molecule has 2 bridgehead atoms. The number of carbonyl (C=O) groups excluding carboxylic acids is 1. The highest BCUT2D eigenvalue weighted by molar-refractivity contribution is 6.03. The molecule has 3 saturated heterocycles. The summed E-state index contributed by atoms with van der Waals surface area (Å²) in [4.78, 5) is 21.6. The number of methoxy groups -OCH3 is 3. The van der Waals surface area contributed by atoms with Gasteiger partial charge in [0.25, 0.3) is 0 Å². The molecule has 9 heteroatoms. The first kappa shape index (κ1) is 29.9. The molecule has 0 radical (unpaired) electrons. The van der Waals surface area contributed by atoms with Gasteiger partial charge < -0.3 is 34.2 Å². The van der Waals surface area contributed by atoms with Gasteiger partial charge in [-0.2, -0.15) is 0 Å². The molecule has 3 aromatic rings. The molecule has 0 amide bonds. The van der Waals surface area contributed by atoms with E-state index in [4.69, 9.17) is 14.2 Å². The third-order valence-electron chi connectivity index (χ3n) is 10.5. The van der Waals surface area contributed by atoms with Crippen LogP contribution in [0.4, 0.5) is 11.4 Å². The summed E-state index contributed by atoms with van der Waals surface area (Å²) in [6, 6.07) is 23.3. The SMILES string of the molecule is COc1ccc(C(=O)C2CC(CCN3CCC(NC4N5CCN4c4ccccc45)CC3)(c3ccccc3)CN2)c(OC)c1OC. The number of hydrogen-bond acceptors (Lipinski definition) is 9. The second kappa shape index (κ2) is 12.5. The Balaban J connectivity index is 0.999. The van der Waals surface area contributed by atoms with Crippen molar-refractivity contribution in [1.29, 1.82) is 0 Å². The number of piperidine rings is 1. The molecule has 4 aliphatic heterocycles. The van der Waals surface area contributed by atoms with E-state index in [0.717, 1.165) is 65.0 Å². The molecule has 2 atom stereocenters. The number of anilines is 2. The predicted octanol–water partition coefficient (Wildman–Crippen LogP) is 4.26. The smallest absolute Gasteiger partial charge is 0.204 e. The van der Waals surface area contributed by atoms with Gasteiger partial charge in [0.2, 0.25) is 5.75 Å². The van der Waals surface area contributed by atoms with Crippen LogP contribution in [0.3, 0.4) is 0 Å². The highest BCUT2D eigenvalue weighted by Crippen LogP contribution is 2.44. The van der Waals surface area contributed by atoms with Crippen molar-refractivity contribution in [3.05, 3.63) is 77.9 Å². The van der Waals surface area contributed by atoms with Crippen LogP contribution >= 0.6 is 0 Å². The number of hydrogen-bond donors (Lipinski definition) is 2. The van der Waals surface area contributed by atoms with E-state index in [9.17, 15) is 4.79 Å². The zero-order valence-electron chi connectivity index (χ0n) is 26.6. The monoisotopic (exact) mass is 611 g/mol.